The highest BCUT2D eigenvalue weighted by molar-refractivity contribution is 7.85. The van der Waals surface area contributed by atoms with Crippen molar-refractivity contribution in [2.45, 2.75) is 38.2 Å². The molecule has 21 heavy (non-hydrogen) atoms. The van der Waals surface area contributed by atoms with Crippen LogP contribution in [0.3, 0.4) is 0 Å². The lowest BCUT2D eigenvalue weighted by Crippen LogP contribution is -2.48. The SMILES string of the molecule is CCN(C(=O)OC(C)(C)C)n1ccc(S(=O)(=O)O)cc1=O. The Bertz CT molecular complexity index is 686. The first-order valence-corrected chi connectivity index (χ1v) is 7.60. The number of carbonyl (C=O) groups is 1. The Morgan fingerprint density at radius 1 is 1.43 bits per heavy atom. The lowest BCUT2D eigenvalue weighted by molar-refractivity contribution is 0.0539. The second kappa shape index (κ2) is 5.86. The van der Waals surface area contributed by atoms with Crippen LogP contribution in [0.2, 0.25) is 0 Å². The summed E-state index contributed by atoms with van der Waals surface area (Å²) >= 11 is 0. The maximum absolute atomic E-state index is 12.0. The van der Waals surface area contributed by atoms with Gasteiger partial charge in [-0.3, -0.25) is 9.35 Å². The first-order chi connectivity index (χ1) is 9.45. The highest BCUT2D eigenvalue weighted by Crippen LogP contribution is 2.10. The van der Waals surface area contributed by atoms with Gasteiger partial charge >= 0.3 is 6.09 Å². The molecule has 0 saturated carbocycles. The molecule has 0 radical (unpaired) electrons. The van der Waals surface area contributed by atoms with Gasteiger partial charge in [0.15, 0.2) is 0 Å². The monoisotopic (exact) mass is 318 g/mol. The lowest BCUT2D eigenvalue weighted by atomic mass is 10.2. The van der Waals surface area contributed by atoms with Gasteiger partial charge in [0.25, 0.3) is 15.7 Å². The zero-order chi connectivity index (χ0) is 16.4. The molecule has 0 atom stereocenters. The van der Waals surface area contributed by atoms with Crippen LogP contribution in [0.5, 0.6) is 0 Å². The van der Waals surface area contributed by atoms with Crippen LogP contribution in [-0.4, -0.2) is 35.9 Å². The van der Waals surface area contributed by atoms with Gasteiger partial charge in [0, 0.05) is 18.8 Å². The molecular formula is C12H18N2O6S. The van der Waals surface area contributed by atoms with E-state index in [1.165, 1.54) is 0 Å². The largest absolute Gasteiger partial charge is 0.442 e. The van der Waals surface area contributed by atoms with Gasteiger partial charge in [0.05, 0.1) is 0 Å². The van der Waals surface area contributed by atoms with Crippen molar-refractivity contribution in [2.24, 2.45) is 0 Å². The van der Waals surface area contributed by atoms with Crippen molar-refractivity contribution in [1.82, 2.24) is 4.68 Å². The molecule has 0 aliphatic heterocycles. The minimum atomic E-state index is -4.47. The normalized spacial score (nSPS) is 12.0. The number of hydrogen-bond donors (Lipinski definition) is 1. The third-order valence-corrected chi connectivity index (χ3v) is 3.18. The molecule has 9 heteroatoms. The summed E-state index contributed by atoms with van der Waals surface area (Å²) in [6, 6.07) is 1.74. The van der Waals surface area contributed by atoms with Crippen LogP contribution in [0, 0.1) is 0 Å². The summed E-state index contributed by atoms with van der Waals surface area (Å²) in [5, 5.41) is 1.02. The molecule has 1 heterocycles. The molecule has 1 N–H and O–H groups in total. The minimum absolute atomic E-state index is 0.139. The third kappa shape index (κ3) is 4.57. The summed E-state index contributed by atoms with van der Waals surface area (Å²) in [6.07, 6.45) is 0.338. The number of nitrogens with zero attached hydrogens (tertiary/aromatic N) is 2. The summed E-state index contributed by atoms with van der Waals surface area (Å²) in [6.45, 7) is 6.82. The zero-order valence-electron chi connectivity index (χ0n) is 12.2. The molecule has 1 aromatic rings. The molecule has 8 nitrogen and oxygen atoms in total. The molecular weight excluding hydrogens is 300 g/mol. The Morgan fingerprint density at radius 2 is 2.00 bits per heavy atom. The van der Waals surface area contributed by atoms with Gasteiger partial charge in [-0.1, -0.05) is 0 Å². The molecule has 0 unspecified atom stereocenters. The Morgan fingerprint density at radius 3 is 2.38 bits per heavy atom. The predicted molar refractivity (Wildman–Crippen MR) is 75.5 cm³/mol. The van der Waals surface area contributed by atoms with Crippen LogP contribution in [0.1, 0.15) is 27.7 Å². The van der Waals surface area contributed by atoms with Crippen LogP contribution in [-0.2, 0) is 14.9 Å². The maximum Gasteiger partial charge on any atom is 0.429 e. The van der Waals surface area contributed by atoms with Crippen molar-refractivity contribution in [1.29, 1.82) is 0 Å². The molecule has 1 rings (SSSR count). The van der Waals surface area contributed by atoms with E-state index in [0.29, 0.717) is 0 Å². The number of ether oxygens (including phenoxy) is 1. The van der Waals surface area contributed by atoms with E-state index in [9.17, 15) is 18.0 Å². The van der Waals surface area contributed by atoms with Crippen molar-refractivity contribution < 1.29 is 22.5 Å². The molecule has 0 aliphatic rings. The van der Waals surface area contributed by atoms with E-state index < -0.39 is 32.3 Å². The molecule has 118 valence electrons. The maximum atomic E-state index is 12.0. The Labute approximate surface area is 122 Å². The third-order valence-electron chi connectivity index (χ3n) is 2.33. The van der Waals surface area contributed by atoms with Crippen molar-refractivity contribution in [3.8, 4) is 0 Å². The van der Waals surface area contributed by atoms with Crippen LogP contribution < -0.4 is 10.6 Å². The average Bonchev–Trinajstić information content (AvgIpc) is 2.28. The van der Waals surface area contributed by atoms with Gasteiger partial charge in [-0.05, 0) is 33.8 Å². The van der Waals surface area contributed by atoms with Crippen molar-refractivity contribution >= 4 is 16.2 Å². The fourth-order valence-electron chi connectivity index (χ4n) is 1.50. The zero-order valence-corrected chi connectivity index (χ0v) is 13.0. The summed E-state index contributed by atoms with van der Waals surface area (Å²) < 4.78 is 36.9. The Balaban J connectivity index is 3.19. The van der Waals surface area contributed by atoms with Gasteiger partial charge in [0.2, 0.25) is 0 Å². The standard InChI is InChI=1S/C12H18N2O6S/c1-5-13(11(16)20-12(2,3)4)14-7-6-9(8-10(14)15)21(17,18)19/h6-8H,5H2,1-4H3,(H,17,18,19). The smallest absolute Gasteiger partial charge is 0.429 e. The van der Waals surface area contributed by atoms with Crippen LogP contribution in [0.25, 0.3) is 0 Å². The molecule has 0 bridgehead atoms. The van der Waals surface area contributed by atoms with Gasteiger partial charge in [-0.2, -0.15) is 8.42 Å². The fraction of sp³-hybridized carbons (Fsp3) is 0.500. The molecule has 0 saturated heterocycles. The Kier molecular flexibility index (Phi) is 4.79. The Hall–Kier alpha value is -1.87. The number of carbonyl (C=O) groups excluding carboxylic acids is 1. The van der Waals surface area contributed by atoms with Crippen molar-refractivity contribution in [2.75, 3.05) is 11.6 Å². The number of aromatic nitrogens is 1. The first kappa shape index (κ1) is 17.2. The molecule has 0 aromatic carbocycles. The van der Waals surface area contributed by atoms with Gasteiger partial charge in [0.1, 0.15) is 10.5 Å². The van der Waals surface area contributed by atoms with Crippen molar-refractivity contribution in [3.63, 3.8) is 0 Å². The number of rotatable bonds is 3. The van der Waals surface area contributed by atoms with E-state index in [1.807, 2.05) is 0 Å². The predicted octanol–water partition coefficient (Wildman–Crippen LogP) is 0.988. The van der Waals surface area contributed by atoms with Crippen molar-refractivity contribution in [3.05, 3.63) is 28.7 Å². The quantitative estimate of drug-likeness (QED) is 0.833. The highest BCUT2D eigenvalue weighted by Gasteiger charge is 2.23. The first-order valence-electron chi connectivity index (χ1n) is 6.16. The van der Waals surface area contributed by atoms with Gasteiger partial charge < -0.3 is 4.74 Å². The second-order valence-electron chi connectivity index (χ2n) is 5.22. The van der Waals surface area contributed by atoms with Crippen LogP contribution >= 0.6 is 0 Å². The number of amides is 1. The molecule has 1 aromatic heterocycles. The van der Waals surface area contributed by atoms with E-state index >= 15 is 0 Å². The van der Waals surface area contributed by atoms with Gasteiger partial charge in [-0.25, -0.2) is 14.5 Å². The number of pyridine rings is 1. The topological polar surface area (TPSA) is 106 Å². The molecule has 1 amide bonds. The highest BCUT2D eigenvalue weighted by atomic mass is 32.2. The second-order valence-corrected chi connectivity index (χ2v) is 6.64. The van der Waals surface area contributed by atoms with E-state index in [2.05, 4.69) is 0 Å². The molecule has 0 aliphatic carbocycles. The average molecular weight is 318 g/mol. The lowest BCUT2D eigenvalue weighted by Gasteiger charge is -2.27. The summed E-state index contributed by atoms with van der Waals surface area (Å²) in [5.74, 6) is 0. The van der Waals surface area contributed by atoms with E-state index in [-0.39, 0.29) is 6.54 Å². The van der Waals surface area contributed by atoms with E-state index in [1.54, 1.807) is 27.7 Å². The summed E-state index contributed by atoms with van der Waals surface area (Å²) in [7, 11) is -4.47. The van der Waals surface area contributed by atoms with E-state index in [0.717, 1.165) is 28.0 Å². The summed E-state index contributed by atoms with van der Waals surface area (Å²) in [4.78, 5) is 23.4. The minimum Gasteiger partial charge on any atom is -0.442 e. The molecule has 0 spiro atoms. The van der Waals surface area contributed by atoms with Crippen LogP contribution in [0.15, 0.2) is 28.0 Å². The van der Waals surface area contributed by atoms with Crippen LogP contribution in [0.4, 0.5) is 4.79 Å². The fourth-order valence-corrected chi connectivity index (χ4v) is 1.98. The molecule has 0 fully saturated rings. The summed E-state index contributed by atoms with van der Waals surface area (Å²) in [5.41, 5.74) is -1.51. The van der Waals surface area contributed by atoms with Gasteiger partial charge in [-0.15, -0.1) is 0 Å². The number of hydrogen-bond acceptors (Lipinski definition) is 5. The van der Waals surface area contributed by atoms with E-state index in [4.69, 9.17) is 9.29 Å².